The normalized spacial score (nSPS) is 12.4. The number of aryl methyl sites for hydroxylation is 1. The van der Waals surface area contributed by atoms with Gasteiger partial charge in [0, 0.05) is 30.2 Å². The summed E-state index contributed by atoms with van der Waals surface area (Å²) >= 11 is 0. The van der Waals surface area contributed by atoms with Crippen LogP contribution in [0.4, 0.5) is 0 Å². The molecular weight excluding hydrogens is 480 g/mol. The predicted octanol–water partition coefficient (Wildman–Crippen LogP) is 7.20. The molecule has 37 heavy (non-hydrogen) atoms. The SMILES string of the molecule is CC(C)[Si](Oc1c2ncc(Cc3ccccc3)cc2c(CC(=O)O)c2cn(C)c(O)c12)(C(C)C)C(C)C. The fraction of sp³-hybridized carbons (Fsp3) is 0.400. The number of carboxylic acids is 1. The van der Waals surface area contributed by atoms with E-state index in [1.165, 1.54) is 0 Å². The van der Waals surface area contributed by atoms with E-state index < -0.39 is 14.3 Å². The van der Waals surface area contributed by atoms with Crippen molar-refractivity contribution < 1.29 is 19.4 Å². The van der Waals surface area contributed by atoms with Crippen molar-refractivity contribution in [3.63, 3.8) is 0 Å². The average Bonchev–Trinajstić information content (AvgIpc) is 3.12. The number of aliphatic carboxylic acids is 1. The van der Waals surface area contributed by atoms with E-state index in [2.05, 4.69) is 53.7 Å². The van der Waals surface area contributed by atoms with Crippen molar-refractivity contribution in [3.8, 4) is 11.6 Å². The minimum atomic E-state index is -2.42. The van der Waals surface area contributed by atoms with Gasteiger partial charge < -0.3 is 19.2 Å². The number of hydrogen-bond donors (Lipinski definition) is 2. The van der Waals surface area contributed by atoms with Crippen LogP contribution in [0.3, 0.4) is 0 Å². The Morgan fingerprint density at radius 3 is 2.19 bits per heavy atom. The van der Waals surface area contributed by atoms with Gasteiger partial charge in [-0.3, -0.25) is 9.78 Å². The number of carbonyl (C=O) groups is 1. The molecule has 0 aliphatic rings. The van der Waals surface area contributed by atoms with Crippen LogP contribution in [0.15, 0.2) is 48.8 Å². The first-order valence-electron chi connectivity index (χ1n) is 13.0. The van der Waals surface area contributed by atoms with Gasteiger partial charge in [0.05, 0.1) is 11.8 Å². The van der Waals surface area contributed by atoms with E-state index in [-0.39, 0.29) is 12.3 Å². The minimum Gasteiger partial charge on any atom is -0.541 e. The van der Waals surface area contributed by atoms with Crippen LogP contribution in [0.25, 0.3) is 21.7 Å². The lowest BCUT2D eigenvalue weighted by atomic mass is 9.96. The van der Waals surface area contributed by atoms with Crippen LogP contribution in [0.2, 0.25) is 16.6 Å². The van der Waals surface area contributed by atoms with Crippen molar-refractivity contribution in [1.82, 2.24) is 9.55 Å². The molecule has 6 nitrogen and oxygen atoms in total. The highest BCUT2D eigenvalue weighted by Gasteiger charge is 2.48. The highest BCUT2D eigenvalue weighted by molar-refractivity contribution is 6.78. The van der Waals surface area contributed by atoms with Crippen LogP contribution in [0.1, 0.15) is 58.2 Å². The Morgan fingerprint density at radius 1 is 1.00 bits per heavy atom. The standard InChI is InChI=1S/C30H38N2O4Si/c1-18(2)37(19(3)4,20(5)6)36-29-27-25(17-32(7)30(27)35)23(15-26(33)34)24-14-22(16-31-28(24)29)13-21-11-9-8-10-12-21/h8-12,14,16-20,35H,13,15H2,1-7H3,(H,33,34). The summed E-state index contributed by atoms with van der Waals surface area (Å²) in [7, 11) is -0.653. The predicted molar refractivity (Wildman–Crippen MR) is 152 cm³/mol. The van der Waals surface area contributed by atoms with Crippen molar-refractivity contribution >= 4 is 36.0 Å². The second-order valence-corrected chi connectivity index (χ2v) is 16.4. The summed E-state index contributed by atoms with van der Waals surface area (Å²) in [4.78, 5) is 16.9. The van der Waals surface area contributed by atoms with E-state index in [0.29, 0.717) is 50.6 Å². The number of carboxylic acid groups (broad SMARTS) is 1. The zero-order valence-corrected chi connectivity index (χ0v) is 23.9. The summed E-state index contributed by atoms with van der Waals surface area (Å²) in [6.07, 6.45) is 4.17. The highest BCUT2D eigenvalue weighted by atomic mass is 28.4. The van der Waals surface area contributed by atoms with Gasteiger partial charge in [0.1, 0.15) is 11.3 Å². The van der Waals surface area contributed by atoms with Crippen LogP contribution in [-0.2, 0) is 24.7 Å². The lowest BCUT2D eigenvalue weighted by Gasteiger charge is -2.42. The number of aromatic nitrogens is 2. The second-order valence-electron chi connectivity index (χ2n) is 11.1. The zero-order chi connectivity index (χ0) is 27.1. The molecule has 7 heteroatoms. The molecule has 0 bridgehead atoms. The third kappa shape index (κ3) is 4.72. The van der Waals surface area contributed by atoms with Gasteiger partial charge >= 0.3 is 5.97 Å². The summed E-state index contributed by atoms with van der Waals surface area (Å²) in [5, 5.41) is 23.0. The third-order valence-corrected chi connectivity index (χ3v) is 13.7. The van der Waals surface area contributed by atoms with E-state index in [1.54, 1.807) is 11.6 Å². The number of nitrogens with zero attached hydrogens (tertiary/aromatic N) is 2. The van der Waals surface area contributed by atoms with E-state index in [9.17, 15) is 15.0 Å². The van der Waals surface area contributed by atoms with Crippen LogP contribution in [0, 0.1) is 0 Å². The molecular formula is C30H38N2O4Si. The molecule has 0 atom stereocenters. The summed E-state index contributed by atoms with van der Waals surface area (Å²) < 4.78 is 8.82. The summed E-state index contributed by atoms with van der Waals surface area (Å²) in [6, 6.07) is 12.2. The van der Waals surface area contributed by atoms with Crippen molar-refractivity contribution in [2.75, 3.05) is 0 Å². The minimum absolute atomic E-state index is 0.0628. The lowest BCUT2D eigenvalue weighted by Crippen LogP contribution is -2.50. The van der Waals surface area contributed by atoms with E-state index in [1.807, 2.05) is 36.7 Å². The maximum Gasteiger partial charge on any atom is 0.307 e. The molecule has 2 aromatic heterocycles. The first kappa shape index (κ1) is 26.7. The molecule has 2 heterocycles. The molecule has 0 radical (unpaired) electrons. The molecule has 4 rings (SSSR count). The Hall–Kier alpha value is -3.32. The second kappa shape index (κ2) is 10.2. The van der Waals surface area contributed by atoms with E-state index in [4.69, 9.17) is 9.41 Å². The van der Waals surface area contributed by atoms with Crippen molar-refractivity contribution in [3.05, 3.63) is 65.5 Å². The number of rotatable bonds is 9. The van der Waals surface area contributed by atoms with Gasteiger partial charge in [0.25, 0.3) is 8.32 Å². The Labute approximate surface area is 220 Å². The molecule has 0 fully saturated rings. The quantitative estimate of drug-likeness (QED) is 0.229. The largest absolute Gasteiger partial charge is 0.541 e. The zero-order valence-electron chi connectivity index (χ0n) is 22.9. The average molecular weight is 519 g/mol. The van der Waals surface area contributed by atoms with Crippen LogP contribution in [0.5, 0.6) is 11.6 Å². The Bertz CT molecular complexity index is 1420. The summed E-state index contributed by atoms with van der Waals surface area (Å²) in [5.41, 5.74) is 4.37. The van der Waals surface area contributed by atoms with E-state index >= 15 is 0 Å². The summed E-state index contributed by atoms with van der Waals surface area (Å²) in [6.45, 7) is 13.3. The van der Waals surface area contributed by atoms with Crippen LogP contribution >= 0.6 is 0 Å². The molecule has 2 aromatic carbocycles. The Balaban J connectivity index is 2.06. The number of fused-ring (bicyclic) bond motifs is 2. The van der Waals surface area contributed by atoms with Crippen molar-refractivity contribution in [1.29, 1.82) is 0 Å². The highest BCUT2D eigenvalue weighted by Crippen LogP contribution is 2.49. The van der Waals surface area contributed by atoms with Crippen LogP contribution < -0.4 is 4.43 Å². The first-order valence-corrected chi connectivity index (χ1v) is 15.2. The maximum absolute atomic E-state index is 12.0. The molecule has 0 aliphatic heterocycles. The van der Waals surface area contributed by atoms with Gasteiger partial charge in [-0.15, -0.1) is 0 Å². The Morgan fingerprint density at radius 2 is 1.62 bits per heavy atom. The lowest BCUT2D eigenvalue weighted by molar-refractivity contribution is -0.136. The van der Waals surface area contributed by atoms with Crippen molar-refractivity contribution in [2.45, 2.75) is 71.0 Å². The number of benzene rings is 2. The van der Waals surface area contributed by atoms with Gasteiger partial charge in [-0.2, -0.15) is 0 Å². The van der Waals surface area contributed by atoms with Gasteiger partial charge in [-0.1, -0.05) is 71.9 Å². The molecule has 0 spiro atoms. The monoisotopic (exact) mass is 518 g/mol. The van der Waals surface area contributed by atoms with Crippen molar-refractivity contribution in [2.24, 2.45) is 7.05 Å². The van der Waals surface area contributed by atoms with Crippen LogP contribution in [-0.4, -0.2) is 34.1 Å². The maximum atomic E-state index is 12.0. The smallest absolute Gasteiger partial charge is 0.307 e. The van der Waals surface area contributed by atoms with Gasteiger partial charge in [0.15, 0.2) is 0 Å². The first-order chi connectivity index (χ1) is 17.5. The van der Waals surface area contributed by atoms with Gasteiger partial charge in [0.2, 0.25) is 5.88 Å². The molecule has 0 aliphatic carbocycles. The molecule has 4 aromatic rings. The van der Waals surface area contributed by atoms with Gasteiger partial charge in [-0.25, -0.2) is 0 Å². The number of pyridine rings is 1. The molecule has 196 valence electrons. The third-order valence-electron chi connectivity index (χ3n) is 7.75. The number of aromatic hydroxyl groups is 1. The molecule has 0 unspecified atom stereocenters. The number of hydrogen-bond acceptors (Lipinski definition) is 4. The molecule has 0 saturated heterocycles. The summed E-state index contributed by atoms with van der Waals surface area (Å²) in [5.74, 6) is -0.289. The fourth-order valence-electron chi connectivity index (χ4n) is 6.15. The fourth-order valence-corrected chi connectivity index (χ4v) is 11.4. The molecule has 0 amide bonds. The Kier molecular flexibility index (Phi) is 7.37. The molecule has 0 saturated carbocycles. The van der Waals surface area contributed by atoms with E-state index in [0.717, 1.165) is 16.5 Å². The molecule has 2 N–H and O–H groups in total. The topological polar surface area (TPSA) is 84.6 Å². The van der Waals surface area contributed by atoms with Gasteiger partial charge in [-0.05, 0) is 45.8 Å².